The number of aromatic nitrogens is 1. The van der Waals surface area contributed by atoms with Crippen molar-refractivity contribution in [3.8, 4) is 0 Å². The first kappa shape index (κ1) is 10.4. The number of hydrogen-bond acceptors (Lipinski definition) is 1. The molecule has 1 aromatic heterocycles. The maximum absolute atomic E-state index is 13.8. The Kier molecular flexibility index (Phi) is 2.61. The highest BCUT2D eigenvalue weighted by Gasteiger charge is 2.08. The number of hydrogen-bond donors (Lipinski definition) is 1. The van der Waals surface area contributed by atoms with E-state index in [0.29, 0.717) is 21.8 Å². The average molecular weight is 270 g/mol. The molecule has 1 heterocycles. The lowest BCUT2D eigenvalue weighted by Gasteiger charge is -2.04. The lowest BCUT2D eigenvalue weighted by Crippen LogP contribution is -2.09. The highest BCUT2D eigenvalue weighted by molar-refractivity contribution is 9.08. The van der Waals surface area contributed by atoms with Crippen LogP contribution in [0.2, 0.25) is 0 Å². The Morgan fingerprint density at radius 1 is 1.47 bits per heavy atom. The second kappa shape index (κ2) is 3.77. The van der Waals surface area contributed by atoms with Crippen molar-refractivity contribution in [3.05, 3.63) is 45.5 Å². The Balaban J connectivity index is 2.87. The first-order chi connectivity index (χ1) is 7.13. The van der Waals surface area contributed by atoms with Gasteiger partial charge in [-0.1, -0.05) is 28.1 Å². The Bertz CT molecular complexity index is 577. The van der Waals surface area contributed by atoms with E-state index in [9.17, 15) is 9.18 Å². The van der Waals surface area contributed by atoms with Gasteiger partial charge in [0, 0.05) is 21.8 Å². The number of aryl methyl sites for hydroxylation is 1. The molecular formula is C11H9BrFNO. The van der Waals surface area contributed by atoms with Gasteiger partial charge in [-0.25, -0.2) is 4.39 Å². The summed E-state index contributed by atoms with van der Waals surface area (Å²) < 4.78 is 13.8. The zero-order valence-electron chi connectivity index (χ0n) is 8.10. The minimum atomic E-state index is -0.360. The second-order valence-corrected chi connectivity index (χ2v) is 3.98. The molecule has 0 aliphatic rings. The van der Waals surface area contributed by atoms with Gasteiger partial charge in [-0.05, 0) is 13.0 Å². The number of benzene rings is 1. The standard InChI is InChI=1S/C11H9BrFNO/c1-6-4-7-2-3-8(5-12)9(13)10(7)14-11(6)15/h2-4H,5H2,1H3,(H,14,15). The Labute approximate surface area is 94.3 Å². The van der Waals surface area contributed by atoms with Gasteiger partial charge in [0.1, 0.15) is 0 Å². The van der Waals surface area contributed by atoms with E-state index in [1.165, 1.54) is 0 Å². The molecule has 0 aliphatic heterocycles. The van der Waals surface area contributed by atoms with E-state index in [0.717, 1.165) is 0 Å². The van der Waals surface area contributed by atoms with Gasteiger partial charge in [0.15, 0.2) is 5.82 Å². The average Bonchev–Trinajstić information content (AvgIpc) is 2.22. The summed E-state index contributed by atoms with van der Waals surface area (Å²) in [5.41, 5.74) is 1.17. The van der Waals surface area contributed by atoms with Gasteiger partial charge in [-0.2, -0.15) is 0 Å². The maximum Gasteiger partial charge on any atom is 0.251 e. The van der Waals surface area contributed by atoms with Crippen molar-refractivity contribution in [2.24, 2.45) is 0 Å². The monoisotopic (exact) mass is 269 g/mol. The molecule has 2 rings (SSSR count). The number of alkyl halides is 1. The molecule has 78 valence electrons. The van der Waals surface area contributed by atoms with Crippen molar-refractivity contribution in [3.63, 3.8) is 0 Å². The highest BCUT2D eigenvalue weighted by atomic mass is 79.9. The van der Waals surface area contributed by atoms with Crippen LogP contribution in [0.3, 0.4) is 0 Å². The molecule has 0 saturated heterocycles. The number of pyridine rings is 1. The molecule has 4 heteroatoms. The van der Waals surface area contributed by atoms with Crippen LogP contribution >= 0.6 is 15.9 Å². The first-order valence-electron chi connectivity index (χ1n) is 4.50. The topological polar surface area (TPSA) is 32.9 Å². The quantitative estimate of drug-likeness (QED) is 0.794. The number of nitrogens with one attached hydrogen (secondary N) is 1. The summed E-state index contributed by atoms with van der Waals surface area (Å²) in [7, 11) is 0. The molecule has 0 atom stereocenters. The molecule has 0 bridgehead atoms. The number of halogens is 2. The van der Waals surface area contributed by atoms with E-state index in [1.807, 2.05) is 0 Å². The van der Waals surface area contributed by atoms with Crippen LogP contribution in [0, 0.1) is 12.7 Å². The smallest absolute Gasteiger partial charge is 0.251 e. The third kappa shape index (κ3) is 1.69. The summed E-state index contributed by atoms with van der Waals surface area (Å²) in [6, 6.07) is 5.21. The van der Waals surface area contributed by atoms with Crippen LogP contribution in [-0.4, -0.2) is 4.98 Å². The molecule has 0 spiro atoms. The van der Waals surface area contributed by atoms with E-state index in [1.54, 1.807) is 25.1 Å². The van der Waals surface area contributed by atoms with Crippen LogP contribution in [0.15, 0.2) is 23.0 Å². The number of rotatable bonds is 1. The second-order valence-electron chi connectivity index (χ2n) is 3.42. The molecule has 15 heavy (non-hydrogen) atoms. The van der Waals surface area contributed by atoms with Crippen molar-refractivity contribution in [1.29, 1.82) is 0 Å². The Morgan fingerprint density at radius 3 is 2.87 bits per heavy atom. The minimum absolute atomic E-state index is 0.242. The largest absolute Gasteiger partial charge is 0.319 e. The van der Waals surface area contributed by atoms with Crippen LogP contribution < -0.4 is 5.56 Å². The van der Waals surface area contributed by atoms with Crippen LogP contribution in [0.25, 0.3) is 10.9 Å². The van der Waals surface area contributed by atoms with Crippen molar-refractivity contribution in [1.82, 2.24) is 4.98 Å². The molecule has 2 aromatic rings. The van der Waals surface area contributed by atoms with Gasteiger partial charge in [0.2, 0.25) is 0 Å². The van der Waals surface area contributed by atoms with Crippen molar-refractivity contribution in [2.45, 2.75) is 12.3 Å². The summed E-state index contributed by atoms with van der Waals surface area (Å²) in [5.74, 6) is -0.360. The Morgan fingerprint density at radius 2 is 2.20 bits per heavy atom. The summed E-state index contributed by atoms with van der Waals surface area (Å²) in [4.78, 5) is 13.9. The zero-order valence-corrected chi connectivity index (χ0v) is 9.69. The van der Waals surface area contributed by atoms with E-state index < -0.39 is 0 Å². The van der Waals surface area contributed by atoms with Crippen molar-refractivity contribution in [2.75, 3.05) is 0 Å². The fourth-order valence-electron chi connectivity index (χ4n) is 1.50. The normalized spacial score (nSPS) is 10.9. The molecule has 0 radical (unpaired) electrons. The van der Waals surface area contributed by atoms with E-state index in [2.05, 4.69) is 20.9 Å². The van der Waals surface area contributed by atoms with E-state index in [4.69, 9.17) is 0 Å². The summed E-state index contributed by atoms with van der Waals surface area (Å²) in [6.07, 6.45) is 0. The Hall–Kier alpha value is -1.16. The fraction of sp³-hybridized carbons (Fsp3) is 0.182. The molecule has 0 amide bonds. The van der Waals surface area contributed by atoms with Gasteiger partial charge >= 0.3 is 0 Å². The van der Waals surface area contributed by atoms with Crippen LogP contribution in [0.4, 0.5) is 4.39 Å². The lowest BCUT2D eigenvalue weighted by atomic mass is 10.1. The summed E-state index contributed by atoms with van der Waals surface area (Å²) in [5, 5.41) is 1.15. The molecule has 2 nitrogen and oxygen atoms in total. The van der Waals surface area contributed by atoms with Gasteiger partial charge < -0.3 is 4.98 Å². The van der Waals surface area contributed by atoms with Crippen molar-refractivity contribution >= 4 is 26.8 Å². The molecule has 0 aliphatic carbocycles. The summed E-state index contributed by atoms with van der Waals surface area (Å²) >= 11 is 3.20. The van der Waals surface area contributed by atoms with Crippen molar-refractivity contribution < 1.29 is 4.39 Å². The summed E-state index contributed by atoms with van der Waals surface area (Å²) in [6.45, 7) is 1.70. The SMILES string of the molecule is Cc1cc2ccc(CBr)c(F)c2[nH]c1=O. The number of aromatic amines is 1. The van der Waals surface area contributed by atoms with Crippen LogP contribution in [0.5, 0.6) is 0 Å². The van der Waals surface area contributed by atoms with Gasteiger partial charge in [-0.15, -0.1) is 0 Å². The molecular weight excluding hydrogens is 261 g/mol. The van der Waals surface area contributed by atoms with Crippen LogP contribution in [-0.2, 0) is 5.33 Å². The molecule has 0 unspecified atom stereocenters. The van der Waals surface area contributed by atoms with Gasteiger partial charge in [0.25, 0.3) is 5.56 Å². The number of fused-ring (bicyclic) bond motifs is 1. The van der Waals surface area contributed by atoms with Gasteiger partial charge in [-0.3, -0.25) is 4.79 Å². The third-order valence-electron chi connectivity index (χ3n) is 2.37. The predicted octanol–water partition coefficient (Wildman–Crippen LogP) is 2.87. The highest BCUT2D eigenvalue weighted by Crippen LogP contribution is 2.20. The van der Waals surface area contributed by atoms with Crippen LogP contribution in [0.1, 0.15) is 11.1 Å². The molecule has 0 saturated carbocycles. The lowest BCUT2D eigenvalue weighted by molar-refractivity contribution is 0.626. The maximum atomic E-state index is 13.8. The predicted molar refractivity (Wildman–Crippen MR) is 61.9 cm³/mol. The first-order valence-corrected chi connectivity index (χ1v) is 5.62. The zero-order chi connectivity index (χ0) is 11.0. The molecule has 1 N–H and O–H groups in total. The molecule has 0 fully saturated rings. The van der Waals surface area contributed by atoms with Gasteiger partial charge in [0.05, 0.1) is 5.52 Å². The van der Waals surface area contributed by atoms with E-state index in [-0.39, 0.29) is 16.9 Å². The van der Waals surface area contributed by atoms with E-state index >= 15 is 0 Å². The minimum Gasteiger partial charge on any atom is -0.319 e. The number of H-pyrrole nitrogens is 1. The fourth-order valence-corrected chi connectivity index (χ4v) is 1.93. The third-order valence-corrected chi connectivity index (χ3v) is 2.97. The molecule has 1 aromatic carbocycles.